The van der Waals surface area contributed by atoms with Crippen molar-refractivity contribution in [2.24, 2.45) is 0 Å². The minimum absolute atomic E-state index is 0. The summed E-state index contributed by atoms with van der Waals surface area (Å²) in [6, 6.07) is 0. The van der Waals surface area contributed by atoms with E-state index < -0.39 is 0 Å². The Morgan fingerprint density at radius 1 is 0.667 bits per heavy atom. The third-order valence-electron chi connectivity index (χ3n) is 4.58. The van der Waals surface area contributed by atoms with E-state index in [1.165, 1.54) is 75.4 Å². The van der Waals surface area contributed by atoms with E-state index in [2.05, 4.69) is 52.0 Å². The number of hydrogen-bond acceptors (Lipinski definition) is 0. The van der Waals surface area contributed by atoms with E-state index in [4.69, 9.17) is 0 Å². The van der Waals surface area contributed by atoms with Gasteiger partial charge in [0.15, 0.2) is 0 Å². The first kappa shape index (κ1) is 40.8. The molecule has 4 heteroatoms. The quantitative estimate of drug-likeness (QED) is 0.205. The first-order chi connectivity index (χ1) is 12.7. The molecule has 0 fully saturated rings. The maximum atomic E-state index is 3.45. The molecular formula is C26H48Cl2SiTi-4. The van der Waals surface area contributed by atoms with Crippen molar-refractivity contribution in [3.05, 3.63) is 61.4 Å². The van der Waals surface area contributed by atoms with Crippen molar-refractivity contribution >= 4 is 32.4 Å². The second kappa shape index (κ2) is 29.5. The van der Waals surface area contributed by atoms with Crippen LogP contribution in [0.4, 0.5) is 0 Å². The van der Waals surface area contributed by atoms with Crippen LogP contribution in [0.15, 0.2) is 34.4 Å². The molecule has 0 N–H and O–H groups in total. The predicted octanol–water partition coefficient (Wildman–Crippen LogP) is 8.90. The fourth-order valence-corrected chi connectivity index (χ4v) is 3.17. The van der Waals surface area contributed by atoms with Crippen LogP contribution in [-0.2, 0) is 19.2 Å². The van der Waals surface area contributed by atoms with Crippen molar-refractivity contribution < 1.29 is 19.2 Å². The van der Waals surface area contributed by atoms with E-state index >= 15 is 0 Å². The summed E-state index contributed by atoms with van der Waals surface area (Å²) in [5.74, 6) is 0. The molecular weight excluding hydrogens is 459 g/mol. The van der Waals surface area contributed by atoms with Gasteiger partial charge in [-0.1, -0.05) is 79.1 Å². The second-order valence-electron chi connectivity index (χ2n) is 7.07. The van der Waals surface area contributed by atoms with Crippen LogP contribution in [0.3, 0.4) is 0 Å². The van der Waals surface area contributed by atoms with E-state index in [0.29, 0.717) is 0 Å². The Balaban J connectivity index is -0.000000114. The van der Waals surface area contributed by atoms with Gasteiger partial charge in [0, 0.05) is 0 Å². The number of allylic oxidation sites excluding steroid dienone is 8. The van der Waals surface area contributed by atoms with E-state index in [-0.39, 0.29) is 39.7 Å². The maximum absolute atomic E-state index is 3.45. The van der Waals surface area contributed by atoms with Crippen LogP contribution in [0.25, 0.3) is 0 Å². The van der Waals surface area contributed by atoms with Gasteiger partial charge in [0.2, 0.25) is 0 Å². The summed E-state index contributed by atoms with van der Waals surface area (Å²) < 4.78 is 0. The Morgan fingerprint density at radius 3 is 1.27 bits per heavy atom. The monoisotopic (exact) mass is 506 g/mol. The number of unbranched alkanes of at least 4 members (excludes halogenated alkanes) is 2. The van der Waals surface area contributed by atoms with Gasteiger partial charge in [-0.25, -0.2) is 23.3 Å². The zero-order valence-corrected chi connectivity index (χ0v) is 25.3. The average Bonchev–Trinajstić information content (AvgIpc) is 3.30. The Bertz CT molecular complexity index is 449. The summed E-state index contributed by atoms with van der Waals surface area (Å²) in [4.78, 5) is 0. The molecule has 0 unspecified atom stereocenters. The molecule has 2 aliphatic rings. The summed E-state index contributed by atoms with van der Waals surface area (Å²) in [5, 5.41) is 0. The zero-order chi connectivity index (χ0) is 19.6. The molecule has 30 heavy (non-hydrogen) atoms. The molecule has 0 aromatic heterocycles. The molecule has 2 rings (SSSR count). The van der Waals surface area contributed by atoms with E-state index in [1.807, 2.05) is 26.8 Å². The molecule has 0 saturated carbocycles. The van der Waals surface area contributed by atoms with Crippen LogP contribution in [0, 0.1) is 27.0 Å². The van der Waals surface area contributed by atoms with Gasteiger partial charge in [0.25, 0.3) is 0 Å². The van der Waals surface area contributed by atoms with Crippen molar-refractivity contribution in [1.82, 2.24) is 0 Å². The second-order valence-corrected chi connectivity index (χ2v) is 7.07. The van der Waals surface area contributed by atoms with Crippen LogP contribution in [-0.4, -0.2) is 7.63 Å². The third-order valence-corrected chi connectivity index (χ3v) is 4.58. The van der Waals surface area contributed by atoms with Gasteiger partial charge in [-0.05, 0) is 12.8 Å². The van der Waals surface area contributed by atoms with Crippen molar-refractivity contribution in [3.63, 3.8) is 0 Å². The standard InChI is InChI=1S/2C12H19.2CH3.2ClH.H2Si.Ti/c2*1-3-5-7-12-9-8-11(10-12)6-4-2;;;;;;/h2*10H,3-8H2,1-2H3;2*1H3;2*1H;1H2;/q4*-1;;;;. The van der Waals surface area contributed by atoms with E-state index in [9.17, 15) is 0 Å². The van der Waals surface area contributed by atoms with Crippen LogP contribution in [0.5, 0.6) is 0 Å². The summed E-state index contributed by atoms with van der Waals surface area (Å²) in [5.41, 5.74) is 6.09. The van der Waals surface area contributed by atoms with E-state index in [1.54, 1.807) is 11.1 Å². The number of halogens is 2. The molecule has 0 aliphatic heterocycles. The molecule has 0 saturated heterocycles. The minimum atomic E-state index is 0. The fraction of sp³-hybridized carbons (Fsp3) is 0.615. The van der Waals surface area contributed by atoms with Crippen molar-refractivity contribution in [2.45, 2.75) is 105 Å². The van der Waals surface area contributed by atoms with Crippen molar-refractivity contribution in [2.75, 3.05) is 0 Å². The van der Waals surface area contributed by atoms with Gasteiger partial charge in [-0.3, -0.25) is 12.2 Å². The van der Waals surface area contributed by atoms with Crippen molar-refractivity contribution in [1.29, 1.82) is 0 Å². The van der Waals surface area contributed by atoms with Crippen LogP contribution in [0.2, 0.25) is 0 Å². The molecule has 0 heterocycles. The Labute approximate surface area is 216 Å². The van der Waals surface area contributed by atoms with E-state index in [0.717, 1.165) is 12.8 Å². The SMILES string of the molecule is CCCCC1=[C-]CC(CCC)=C1.CCCCC1=[C-]CC(CCC)=C1.Cl.Cl.[CH3-].[CH3-].[SiH2]=[Ti]. The molecule has 0 spiro atoms. The van der Waals surface area contributed by atoms with Gasteiger partial charge >= 0.3 is 26.8 Å². The first-order valence-electron chi connectivity index (χ1n) is 10.7. The molecule has 0 aromatic carbocycles. The Hall–Kier alpha value is 0.471. The van der Waals surface area contributed by atoms with Gasteiger partial charge in [-0.15, -0.1) is 37.7 Å². The molecule has 0 radical (unpaired) electrons. The molecule has 2 aliphatic carbocycles. The third kappa shape index (κ3) is 20.4. The summed E-state index contributed by atoms with van der Waals surface area (Å²) in [6.45, 7) is 8.97. The topological polar surface area (TPSA) is 0 Å². The van der Waals surface area contributed by atoms with Gasteiger partial charge in [0.05, 0.1) is 0 Å². The first-order valence-corrected chi connectivity index (χ1v) is 14.7. The zero-order valence-electron chi connectivity index (χ0n) is 20.7. The van der Waals surface area contributed by atoms with Crippen LogP contribution < -0.4 is 0 Å². The normalized spacial score (nSPS) is 13.0. The molecule has 0 bridgehead atoms. The van der Waals surface area contributed by atoms with Gasteiger partial charge in [-0.2, -0.15) is 11.1 Å². The van der Waals surface area contributed by atoms with Crippen molar-refractivity contribution in [3.8, 4) is 0 Å². The van der Waals surface area contributed by atoms with Crippen LogP contribution >= 0.6 is 24.8 Å². The Morgan fingerprint density at radius 2 is 1.00 bits per heavy atom. The summed E-state index contributed by atoms with van der Waals surface area (Å²) in [7, 11) is 1.86. The molecule has 0 aromatic rings. The fourth-order valence-electron chi connectivity index (χ4n) is 3.17. The van der Waals surface area contributed by atoms with Crippen LogP contribution in [0.1, 0.15) is 105 Å². The molecule has 178 valence electrons. The predicted molar refractivity (Wildman–Crippen MR) is 144 cm³/mol. The van der Waals surface area contributed by atoms with Gasteiger partial charge in [0.1, 0.15) is 0 Å². The summed E-state index contributed by atoms with van der Waals surface area (Å²) >= 11 is 2.03. The number of rotatable bonds is 10. The number of hydrogen-bond donors (Lipinski definition) is 0. The Kier molecular flexibility index (Phi) is 40.1. The molecule has 0 nitrogen and oxygen atoms in total. The summed E-state index contributed by atoms with van der Waals surface area (Å²) in [6.07, 6.45) is 26.6. The average molecular weight is 508 g/mol. The molecule has 0 amide bonds. The molecule has 0 atom stereocenters. The van der Waals surface area contributed by atoms with Gasteiger partial charge < -0.3 is 14.9 Å².